The van der Waals surface area contributed by atoms with Crippen LogP contribution in [0.3, 0.4) is 0 Å². The predicted molar refractivity (Wildman–Crippen MR) is 115 cm³/mol. The van der Waals surface area contributed by atoms with Crippen LogP contribution < -0.4 is 5.32 Å². The lowest BCUT2D eigenvalue weighted by Gasteiger charge is -2.13. The second-order valence-electron chi connectivity index (χ2n) is 6.26. The van der Waals surface area contributed by atoms with E-state index in [-0.39, 0.29) is 12.3 Å². The summed E-state index contributed by atoms with van der Waals surface area (Å²) in [5, 5.41) is 10.6. The summed E-state index contributed by atoms with van der Waals surface area (Å²) in [5.74, 6) is -0.439. The normalized spacial score (nSPS) is 12.5. The fourth-order valence-electron chi connectivity index (χ4n) is 2.73. The van der Waals surface area contributed by atoms with Gasteiger partial charge in [0.05, 0.1) is 5.56 Å². The summed E-state index contributed by atoms with van der Waals surface area (Å²) in [4.78, 5) is 22.5. The highest BCUT2D eigenvalue weighted by Gasteiger charge is 2.30. The van der Waals surface area contributed by atoms with Gasteiger partial charge in [-0.3, -0.25) is 4.79 Å². The van der Waals surface area contributed by atoms with E-state index in [1.54, 1.807) is 18.4 Å². The van der Waals surface area contributed by atoms with Crippen molar-refractivity contribution in [3.05, 3.63) is 70.3 Å². The van der Waals surface area contributed by atoms with Crippen LogP contribution in [0.2, 0.25) is 0 Å². The van der Waals surface area contributed by atoms with Crippen LogP contribution in [-0.4, -0.2) is 37.1 Å². The van der Waals surface area contributed by atoms with Crippen LogP contribution in [0.25, 0.3) is 0 Å². The Bertz CT molecular complexity index is 991. The van der Waals surface area contributed by atoms with Gasteiger partial charge < -0.3 is 15.0 Å². The van der Waals surface area contributed by atoms with Crippen LogP contribution in [0.5, 0.6) is 0 Å². The zero-order valence-corrected chi connectivity index (χ0v) is 18.2. The summed E-state index contributed by atoms with van der Waals surface area (Å²) in [7, 11) is 2.81. The Morgan fingerprint density at radius 3 is 2.48 bits per heavy atom. The first kappa shape index (κ1) is 24.3. The summed E-state index contributed by atoms with van der Waals surface area (Å²) < 4.78 is 39.0. The highest BCUT2D eigenvalue weighted by atomic mass is 32.2. The minimum atomic E-state index is -4.45. The van der Waals surface area contributed by atoms with Crippen molar-refractivity contribution in [2.24, 2.45) is 10.3 Å². The maximum atomic E-state index is 13.0. The molecular weight excluding hydrogens is 431 g/mol. The third-order valence-electron chi connectivity index (χ3n) is 4.28. The monoisotopic (exact) mass is 453 g/mol. The Morgan fingerprint density at radius 1 is 1.16 bits per heavy atom. The Balaban J connectivity index is 2.33. The minimum absolute atomic E-state index is 0.0231. The van der Waals surface area contributed by atoms with Crippen LogP contribution in [0.1, 0.15) is 27.8 Å². The van der Waals surface area contributed by atoms with Gasteiger partial charge in [-0.05, 0) is 30.9 Å². The van der Waals surface area contributed by atoms with Crippen LogP contribution in [0.4, 0.5) is 13.2 Å². The zero-order valence-electron chi connectivity index (χ0n) is 17.4. The Kier molecular flexibility index (Phi) is 8.49. The van der Waals surface area contributed by atoms with Crippen LogP contribution in [-0.2, 0) is 27.3 Å². The van der Waals surface area contributed by atoms with Gasteiger partial charge in [0.1, 0.15) is 18.8 Å². The molecule has 10 heteroatoms. The van der Waals surface area contributed by atoms with Gasteiger partial charge in [-0.15, -0.1) is 11.8 Å². The van der Waals surface area contributed by atoms with Crippen molar-refractivity contribution >= 4 is 28.4 Å². The highest BCUT2D eigenvalue weighted by Crippen LogP contribution is 2.30. The molecule has 0 aromatic heterocycles. The molecule has 0 unspecified atom stereocenters. The van der Waals surface area contributed by atoms with Crippen molar-refractivity contribution < 1.29 is 27.6 Å². The second-order valence-corrected chi connectivity index (χ2v) is 7.05. The first-order valence-electron chi connectivity index (χ1n) is 9.06. The Hall–Kier alpha value is -3.01. The molecule has 0 saturated heterocycles. The molecule has 0 aliphatic rings. The van der Waals surface area contributed by atoms with E-state index in [0.717, 1.165) is 29.5 Å². The smallest absolute Gasteiger partial charge is 0.398 e. The minimum Gasteiger partial charge on any atom is -0.398 e. The molecule has 0 fully saturated rings. The number of alkyl halides is 3. The van der Waals surface area contributed by atoms with E-state index < -0.39 is 17.6 Å². The number of carbonyl (C=O) groups is 1. The number of benzene rings is 2. The molecule has 0 heterocycles. The van der Waals surface area contributed by atoms with Gasteiger partial charge in [-0.25, -0.2) is 0 Å². The molecule has 0 aliphatic carbocycles. The molecule has 6 nitrogen and oxygen atoms in total. The third kappa shape index (κ3) is 6.24. The van der Waals surface area contributed by atoms with E-state index in [0.29, 0.717) is 21.7 Å². The van der Waals surface area contributed by atoms with Crippen LogP contribution in [0, 0.1) is 6.92 Å². The van der Waals surface area contributed by atoms with E-state index in [1.807, 2.05) is 13.0 Å². The summed E-state index contributed by atoms with van der Waals surface area (Å²) in [5.41, 5.74) is 1.57. The molecule has 1 amide bonds. The van der Waals surface area contributed by atoms with E-state index >= 15 is 0 Å². The number of amides is 1. The molecule has 0 bridgehead atoms. The topological polar surface area (TPSA) is 72.3 Å². The Labute approximate surface area is 182 Å². The maximum Gasteiger partial charge on any atom is 0.416 e. The van der Waals surface area contributed by atoms with Gasteiger partial charge >= 0.3 is 6.18 Å². The van der Waals surface area contributed by atoms with Gasteiger partial charge in [0.25, 0.3) is 5.91 Å². The number of aryl methyl sites for hydroxylation is 1. The number of thioether (sulfide) groups is 1. The number of hydrogen-bond donors (Lipinski definition) is 1. The molecule has 2 aromatic carbocycles. The van der Waals surface area contributed by atoms with Crippen LogP contribution in [0.15, 0.2) is 52.8 Å². The summed E-state index contributed by atoms with van der Waals surface area (Å²) in [6.07, 6.45) is -2.76. The number of likely N-dealkylation sites (N-methyl/N-ethyl adjacent to an activating group) is 1. The molecule has 2 rings (SSSR count). The summed E-state index contributed by atoms with van der Waals surface area (Å²) >= 11 is 1.16. The molecule has 0 radical (unpaired) electrons. The summed E-state index contributed by atoms with van der Waals surface area (Å²) in [6, 6.07) is 10.2. The van der Waals surface area contributed by atoms with Gasteiger partial charge in [-0.1, -0.05) is 40.6 Å². The lowest BCUT2D eigenvalue weighted by Crippen LogP contribution is -2.29. The highest BCUT2D eigenvalue weighted by molar-refractivity contribution is 8.13. The molecule has 0 spiro atoms. The number of oxime groups is 2. The maximum absolute atomic E-state index is 13.0. The number of nitrogens with one attached hydrogen (secondary N) is 1. The van der Waals surface area contributed by atoms with Crippen molar-refractivity contribution in [2.75, 3.05) is 20.4 Å². The zero-order chi connectivity index (χ0) is 23.0. The number of carbonyl (C=O) groups excluding carboxylic acids is 1. The number of rotatable bonds is 7. The molecule has 1 N–H and O–H groups in total. The molecule has 166 valence electrons. The largest absolute Gasteiger partial charge is 0.416 e. The van der Waals surface area contributed by atoms with E-state index in [4.69, 9.17) is 9.68 Å². The SMILES string of the molecule is CNC(=O)/C(=N/OC)c1cccc(C)c1CO/N=C(\SC)c1cccc(C(F)(F)F)c1. The van der Waals surface area contributed by atoms with Gasteiger partial charge in [0.2, 0.25) is 0 Å². The van der Waals surface area contributed by atoms with Gasteiger partial charge in [0, 0.05) is 23.7 Å². The van der Waals surface area contributed by atoms with Crippen LogP contribution >= 0.6 is 11.8 Å². The lowest BCUT2D eigenvalue weighted by atomic mass is 9.98. The van der Waals surface area contributed by atoms with Crippen molar-refractivity contribution in [1.82, 2.24) is 5.32 Å². The molecule has 0 atom stereocenters. The van der Waals surface area contributed by atoms with Crippen molar-refractivity contribution in [3.63, 3.8) is 0 Å². The lowest BCUT2D eigenvalue weighted by molar-refractivity contribution is -0.137. The summed E-state index contributed by atoms with van der Waals surface area (Å²) in [6.45, 7) is 1.81. The fraction of sp³-hybridized carbons (Fsp3) is 0.286. The standard InChI is InChI=1S/C21H22F3N3O3S/c1-13-7-5-10-16(18(26-29-3)19(28)25-2)17(13)12-30-27-20(31-4)14-8-6-9-15(11-14)21(22,23)24/h5-11H,12H2,1-4H3,(H,25,28)/b26-18+,27-20-. The third-order valence-corrected chi connectivity index (χ3v) is 4.97. The number of nitrogens with zero attached hydrogens (tertiary/aromatic N) is 2. The first-order valence-corrected chi connectivity index (χ1v) is 10.3. The second kappa shape index (κ2) is 10.9. The average molecular weight is 453 g/mol. The first-order chi connectivity index (χ1) is 14.7. The van der Waals surface area contributed by atoms with E-state index in [2.05, 4.69) is 15.6 Å². The van der Waals surface area contributed by atoms with E-state index in [1.165, 1.54) is 26.3 Å². The molecule has 2 aromatic rings. The Morgan fingerprint density at radius 2 is 1.87 bits per heavy atom. The van der Waals surface area contributed by atoms with Gasteiger partial charge in [0.15, 0.2) is 5.71 Å². The van der Waals surface area contributed by atoms with E-state index in [9.17, 15) is 18.0 Å². The van der Waals surface area contributed by atoms with Gasteiger partial charge in [-0.2, -0.15) is 13.2 Å². The number of hydrogen-bond acceptors (Lipinski definition) is 6. The fourth-order valence-corrected chi connectivity index (χ4v) is 3.22. The van der Waals surface area contributed by atoms with Crippen molar-refractivity contribution in [2.45, 2.75) is 19.7 Å². The predicted octanol–water partition coefficient (Wildman–Crippen LogP) is 4.35. The quantitative estimate of drug-likeness (QED) is 0.384. The molecular formula is C21H22F3N3O3S. The van der Waals surface area contributed by atoms with Crippen molar-refractivity contribution in [3.8, 4) is 0 Å². The molecule has 31 heavy (non-hydrogen) atoms. The van der Waals surface area contributed by atoms with Crippen molar-refractivity contribution in [1.29, 1.82) is 0 Å². The number of halogens is 3. The molecule has 0 saturated carbocycles. The average Bonchev–Trinajstić information content (AvgIpc) is 2.75. The molecule has 0 aliphatic heterocycles.